The first-order chi connectivity index (χ1) is 13.4. The number of hydrogen-bond donors (Lipinski definition) is 1. The standard InChI is InChI=1S/C17H19ClN4O6/c1-7(23)26-13-12(11(25)9-3-4-9)28-17(14(13)27-8(2)24)22-6-21-10-15(18)19-5-20-16(10)22/h5-6,9,11-14,17,25H,3-4H2,1-2H3/t11?,12-,13-,14-,17?/m1/s1. The van der Waals surface area contributed by atoms with Gasteiger partial charge < -0.3 is 19.3 Å². The number of aliphatic hydroxyl groups is 1. The number of imidazole rings is 1. The van der Waals surface area contributed by atoms with Crippen LogP contribution in [-0.4, -0.2) is 61.0 Å². The lowest BCUT2D eigenvalue weighted by atomic mass is 10.0. The number of carbonyl (C=O) groups excluding carboxylic acids is 2. The number of aliphatic hydroxyl groups excluding tert-OH is 1. The van der Waals surface area contributed by atoms with Gasteiger partial charge in [-0.1, -0.05) is 11.6 Å². The van der Waals surface area contributed by atoms with Gasteiger partial charge in [0.15, 0.2) is 29.2 Å². The number of nitrogens with zero attached hydrogens (tertiary/aromatic N) is 4. The van der Waals surface area contributed by atoms with Gasteiger partial charge in [0, 0.05) is 13.8 Å². The van der Waals surface area contributed by atoms with E-state index in [1.54, 1.807) is 0 Å². The van der Waals surface area contributed by atoms with Gasteiger partial charge in [0.2, 0.25) is 0 Å². The predicted molar refractivity (Wildman–Crippen MR) is 94.1 cm³/mol. The zero-order valence-electron chi connectivity index (χ0n) is 15.2. The van der Waals surface area contributed by atoms with Crippen LogP contribution in [0.2, 0.25) is 5.15 Å². The summed E-state index contributed by atoms with van der Waals surface area (Å²) in [4.78, 5) is 35.7. The van der Waals surface area contributed by atoms with Gasteiger partial charge in [-0.3, -0.25) is 14.2 Å². The van der Waals surface area contributed by atoms with E-state index >= 15 is 0 Å². The van der Waals surface area contributed by atoms with Crippen LogP contribution in [0.25, 0.3) is 11.2 Å². The highest BCUT2D eigenvalue weighted by Crippen LogP contribution is 2.43. The summed E-state index contributed by atoms with van der Waals surface area (Å²) in [6.07, 6.45) is -0.186. The molecule has 0 spiro atoms. The number of ether oxygens (including phenoxy) is 3. The lowest BCUT2D eigenvalue weighted by Gasteiger charge is -2.25. The van der Waals surface area contributed by atoms with Crippen LogP contribution in [0.3, 0.4) is 0 Å². The molecule has 11 heteroatoms. The minimum absolute atomic E-state index is 0.0519. The van der Waals surface area contributed by atoms with E-state index in [0.717, 1.165) is 12.8 Å². The third kappa shape index (κ3) is 3.43. The first kappa shape index (κ1) is 19.0. The molecule has 2 unspecified atom stereocenters. The van der Waals surface area contributed by atoms with Crippen molar-refractivity contribution >= 4 is 34.7 Å². The molecule has 150 valence electrons. The number of fused-ring (bicyclic) bond motifs is 1. The third-order valence-electron chi connectivity index (χ3n) is 4.86. The SMILES string of the molecule is CC(=O)O[C@@H]1[C@@H](C(O)C2CC2)OC(n2cnc3c(Cl)ncnc32)[C@@H]1OC(C)=O. The summed E-state index contributed by atoms with van der Waals surface area (Å²) in [5.41, 5.74) is 0.717. The monoisotopic (exact) mass is 410 g/mol. The Morgan fingerprint density at radius 3 is 2.54 bits per heavy atom. The zero-order chi connectivity index (χ0) is 20.0. The Labute approximate surface area is 164 Å². The van der Waals surface area contributed by atoms with Crippen LogP contribution in [0, 0.1) is 5.92 Å². The highest BCUT2D eigenvalue weighted by atomic mass is 35.5. The van der Waals surface area contributed by atoms with Crippen molar-refractivity contribution in [2.75, 3.05) is 0 Å². The van der Waals surface area contributed by atoms with E-state index in [1.807, 2.05) is 0 Å². The van der Waals surface area contributed by atoms with E-state index in [9.17, 15) is 14.7 Å². The molecule has 2 aliphatic rings. The Kier molecular flexibility index (Phi) is 4.94. The summed E-state index contributed by atoms with van der Waals surface area (Å²) in [6, 6.07) is 0. The summed E-state index contributed by atoms with van der Waals surface area (Å²) in [5.74, 6) is -1.09. The molecular formula is C17H19ClN4O6. The quantitative estimate of drug-likeness (QED) is 0.567. The van der Waals surface area contributed by atoms with E-state index in [4.69, 9.17) is 25.8 Å². The van der Waals surface area contributed by atoms with Crippen LogP contribution in [0.5, 0.6) is 0 Å². The fraction of sp³-hybridized carbons (Fsp3) is 0.588. The van der Waals surface area contributed by atoms with Crippen molar-refractivity contribution in [2.24, 2.45) is 5.92 Å². The largest absolute Gasteiger partial charge is 0.455 e. The fourth-order valence-electron chi connectivity index (χ4n) is 3.52. The van der Waals surface area contributed by atoms with Crippen molar-refractivity contribution in [2.45, 2.75) is 57.3 Å². The predicted octanol–water partition coefficient (Wildman–Crippen LogP) is 1.01. The molecule has 28 heavy (non-hydrogen) atoms. The Balaban J connectivity index is 1.75. The maximum absolute atomic E-state index is 11.7. The number of hydrogen-bond acceptors (Lipinski definition) is 9. The normalized spacial score (nSPS) is 28.3. The molecule has 0 amide bonds. The van der Waals surface area contributed by atoms with Crippen LogP contribution in [0.4, 0.5) is 0 Å². The van der Waals surface area contributed by atoms with E-state index in [1.165, 1.54) is 31.1 Å². The van der Waals surface area contributed by atoms with E-state index in [2.05, 4.69) is 15.0 Å². The van der Waals surface area contributed by atoms with Crippen LogP contribution in [0.1, 0.15) is 32.9 Å². The van der Waals surface area contributed by atoms with Crippen molar-refractivity contribution in [3.63, 3.8) is 0 Å². The van der Waals surface area contributed by atoms with Gasteiger partial charge in [0.1, 0.15) is 17.9 Å². The van der Waals surface area contributed by atoms with Crippen molar-refractivity contribution in [3.8, 4) is 0 Å². The summed E-state index contributed by atoms with van der Waals surface area (Å²) in [6.45, 7) is 2.50. The van der Waals surface area contributed by atoms with Crippen LogP contribution >= 0.6 is 11.6 Å². The first-order valence-electron chi connectivity index (χ1n) is 8.88. The maximum Gasteiger partial charge on any atom is 0.303 e. The molecule has 2 fully saturated rings. The summed E-state index contributed by atoms with van der Waals surface area (Å²) >= 11 is 6.06. The molecule has 2 aromatic rings. The molecule has 1 aliphatic carbocycles. The highest BCUT2D eigenvalue weighted by Gasteiger charge is 2.55. The highest BCUT2D eigenvalue weighted by molar-refractivity contribution is 6.33. The maximum atomic E-state index is 11.7. The molecule has 2 aromatic heterocycles. The molecule has 5 atom stereocenters. The minimum atomic E-state index is -0.994. The molecule has 0 bridgehead atoms. The molecule has 1 saturated carbocycles. The smallest absolute Gasteiger partial charge is 0.303 e. The number of aromatic nitrogens is 4. The van der Waals surface area contributed by atoms with Gasteiger partial charge in [-0.2, -0.15) is 0 Å². The molecular weight excluding hydrogens is 392 g/mol. The van der Waals surface area contributed by atoms with E-state index in [-0.39, 0.29) is 11.1 Å². The average Bonchev–Trinajstić information content (AvgIpc) is 3.31. The minimum Gasteiger partial charge on any atom is -0.455 e. The van der Waals surface area contributed by atoms with Crippen molar-refractivity contribution in [1.82, 2.24) is 19.5 Å². The van der Waals surface area contributed by atoms with Crippen LogP contribution in [0.15, 0.2) is 12.7 Å². The molecule has 1 aliphatic heterocycles. The Morgan fingerprint density at radius 2 is 1.89 bits per heavy atom. The summed E-state index contributed by atoms with van der Waals surface area (Å²) in [7, 11) is 0. The molecule has 1 N–H and O–H groups in total. The summed E-state index contributed by atoms with van der Waals surface area (Å²) in [5, 5.41) is 10.8. The molecule has 0 radical (unpaired) electrons. The second-order valence-electron chi connectivity index (χ2n) is 6.96. The Hall–Kier alpha value is -2.30. The van der Waals surface area contributed by atoms with Crippen molar-refractivity contribution in [3.05, 3.63) is 17.8 Å². The van der Waals surface area contributed by atoms with Gasteiger partial charge in [0.05, 0.1) is 12.4 Å². The fourth-order valence-corrected chi connectivity index (χ4v) is 3.70. The van der Waals surface area contributed by atoms with Gasteiger partial charge in [0.25, 0.3) is 0 Å². The summed E-state index contributed by atoms with van der Waals surface area (Å²) < 4.78 is 18.4. The van der Waals surface area contributed by atoms with E-state index in [0.29, 0.717) is 11.2 Å². The number of rotatable bonds is 5. The lowest BCUT2D eigenvalue weighted by molar-refractivity contribution is -0.166. The third-order valence-corrected chi connectivity index (χ3v) is 5.14. The number of carbonyl (C=O) groups is 2. The van der Waals surface area contributed by atoms with E-state index < -0.39 is 42.6 Å². The number of esters is 2. The average molecular weight is 411 g/mol. The van der Waals surface area contributed by atoms with Gasteiger partial charge in [-0.15, -0.1) is 0 Å². The van der Waals surface area contributed by atoms with Crippen LogP contribution in [-0.2, 0) is 23.8 Å². The van der Waals surface area contributed by atoms with Crippen LogP contribution < -0.4 is 0 Å². The molecule has 10 nitrogen and oxygen atoms in total. The van der Waals surface area contributed by atoms with Crippen molar-refractivity contribution < 1.29 is 28.9 Å². The lowest BCUT2D eigenvalue weighted by Crippen LogP contribution is -2.44. The van der Waals surface area contributed by atoms with Gasteiger partial charge in [-0.05, 0) is 18.8 Å². The molecule has 3 heterocycles. The Bertz CT molecular complexity index is 916. The van der Waals surface area contributed by atoms with Gasteiger partial charge >= 0.3 is 11.9 Å². The second-order valence-corrected chi connectivity index (χ2v) is 7.31. The zero-order valence-corrected chi connectivity index (χ0v) is 15.9. The first-order valence-corrected chi connectivity index (χ1v) is 9.25. The number of halogens is 1. The molecule has 0 aromatic carbocycles. The molecule has 4 rings (SSSR count). The van der Waals surface area contributed by atoms with Gasteiger partial charge in [-0.25, -0.2) is 15.0 Å². The Morgan fingerprint density at radius 1 is 1.21 bits per heavy atom. The topological polar surface area (TPSA) is 126 Å². The van der Waals surface area contributed by atoms with Crippen molar-refractivity contribution in [1.29, 1.82) is 0 Å². The second kappa shape index (κ2) is 7.26. The molecule has 1 saturated heterocycles.